The maximum atomic E-state index is 11.1. The lowest BCUT2D eigenvalue weighted by Crippen LogP contribution is -2.22. The second kappa shape index (κ2) is 4.73. The number of rotatable bonds is 2. The molecule has 0 spiro atoms. The Balaban J connectivity index is 4.10. The highest BCUT2D eigenvalue weighted by atomic mass is 16.6. The van der Waals surface area contributed by atoms with Gasteiger partial charge < -0.3 is 9.64 Å². The van der Waals surface area contributed by atoms with Gasteiger partial charge in [0.2, 0.25) is 0 Å². The minimum absolute atomic E-state index is 0.370. The first-order valence-corrected chi connectivity index (χ1v) is 4.13. The summed E-state index contributed by atoms with van der Waals surface area (Å²) < 4.78 is 5.02. The predicted octanol–water partition coefficient (Wildman–Crippen LogP) is 1.56. The van der Waals surface area contributed by atoms with Crippen molar-refractivity contribution in [2.75, 3.05) is 14.1 Å². The monoisotopic (exact) mass is 183 g/mol. The normalized spacial score (nSPS) is 9.92. The summed E-state index contributed by atoms with van der Waals surface area (Å²) in [5.74, 6) is -0.370. The number of nitrogens with zero attached hydrogens (tertiary/aromatic N) is 1. The van der Waals surface area contributed by atoms with Crippen LogP contribution in [0.1, 0.15) is 20.8 Å². The Bertz CT molecular complexity index is 230. The summed E-state index contributed by atoms with van der Waals surface area (Å²) >= 11 is 0. The average Bonchev–Trinajstić information content (AvgIpc) is 1.81. The first kappa shape index (κ1) is 11.8. The van der Waals surface area contributed by atoms with Gasteiger partial charge in [0.25, 0.3) is 0 Å². The lowest BCUT2D eigenvalue weighted by atomic mass is 10.2. The molecule has 0 aromatic carbocycles. The van der Waals surface area contributed by atoms with E-state index in [-0.39, 0.29) is 5.97 Å². The van der Waals surface area contributed by atoms with Gasteiger partial charge in [0, 0.05) is 20.3 Å². The SMILES string of the molecule is CN(C)C=C=CC(=O)OC(C)(C)C. The average molecular weight is 183 g/mol. The molecule has 0 unspecified atom stereocenters. The minimum atomic E-state index is -0.437. The molecule has 0 bridgehead atoms. The third-order valence-corrected chi connectivity index (χ3v) is 0.941. The lowest BCUT2D eigenvalue weighted by Gasteiger charge is -2.17. The molecule has 3 heteroatoms. The van der Waals surface area contributed by atoms with Crippen LogP contribution in [0.2, 0.25) is 0 Å². The van der Waals surface area contributed by atoms with Crippen LogP contribution in [0.4, 0.5) is 0 Å². The van der Waals surface area contributed by atoms with E-state index in [1.807, 2.05) is 34.9 Å². The molecule has 0 rings (SSSR count). The molecule has 0 saturated heterocycles. The van der Waals surface area contributed by atoms with Crippen molar-refractivity contribution in [3.63, 3.8) is 0 Å². The molecule has 0 aromatic rings. The number of carbonyl (C=O) groups is 1. The van der Waals surface area contributed by atoms with Crippen LogP contribution < -0.4 is 0 Å². The molecular weight excluding hydrogens is 166 g/mol. The fourth-order valence-electron chi connectivity index (χ4n) is 0.586. The van der Waals surface area contributed by atoms with E-state index in [1.54, 1.807) is 11.1 Å². The second-order valence-corrected chi connectivity index (χ2v) is 3.94. The quantitative estimate of drug-likeness (QED) is 0.369. The molecule has 13 heavy (non-hydrogen) atoms. The zero-order chi connectivity index (χ0) is 10.5. The number of ether oxygens (including phenoxy) is 1. The van der Waals surface area contributed by atoms with Crippen LogP contribution in [-0.4, -0.2) is 30.6 Å². The van der Waals surface area contributed by atoms with E-state index < -0.39 is 5.60 Å². The van der Waals surface area contributed by atoms with Crippen molar-refractivity contribution in [1.29, 1.82) is 0 Å². The second-order valence-electron chi connectivity index (χ2n) is 3.94. The van der Waals surface area contributed by atoms with Crippen LogP contribution >= 0.6 is 0 Å². The maximum Gasteiger partial charge on any atom is 0.339 e. The number of hydrogen-bond donors (Lipinski definition) is 0. The van der Waals surface area contributed by atoms with E-state index >= 15 is 0 Å². The third kappa shape index (κ3) is 8.70. The first-order valence-electron chi connectivity index (χ1n) is 4.13. The summed E-state index contributed by atoms with van der Waals surface area (Å²) in [6.45, 7) is 5.48. The summed E-state index contributed by atoms with van der Waals surface area (Å²) in [7, 11) is 3.71. The van der Waals surface area contributed by atoms with Crippen LogP contribution in [0.3, 0.4) is 0 Å². The largest absolute Gasteiger partial charge is 0.456 e. The Kier molecular flexibility index (Phi) is 4.29. The Morgan fingerprint density at radius 1 is 1.38 bits per heavy atom. The molecule has 0 saturated carbocycles. The molecule has 0 aliphatic carbocycles. The van der Waals surface area contributed by atoms with Crippen LogP contribution in [0.15, 0.2) is 18.0 Å². The van der Waals surface area contributed by atoms with Gasteiger partial charge in [0.15, 0.2) is 0 Å². The molecule has 0 heterocycles. The zero-order valence-corrected chi connectivity index (χ0v) is 8.92. The Hall–Kier alpha value is -1.21. The standard InChI is InChI=1S/C10H17NO2/c1-10(2,3)13-9(12)7-6-8-11(4)5/h7-8H,1-5H3. The summed E-state index contributed by atoms with van der Waals surface area (Å²) in [4.78, 5) is 12.9. The number of esters is 1. The van der Waals surface area contributed by atoms with Crippen LogP contribution in [0.25, 0.3) is 0 Å². The molecule has 0 aliphatic rings. The van der Waals surface area contributed by atoms with Crippen molar-refractivity contribution in [2.24, 2.45) is 0 Å². The molecule has 0 radical (unpaired) electrons. The van der Waals surface area contributed by atoms with Gasteiger partial charge in [-0.1, -0.05) is 5.73 Å². The van der Waals surface area contributed by atoms with Crippen molar-refractivity contribution in [3.05, 3.63) is 18.0 Å². The topological polar surface area (TPSA) is 29.5 Å². The molecule has 0 N–H and O–H groups in total. The van der Waals surface area contributed by atoms with Gasteiger partial charge in [-0.15, -0.1) is 0 Å². The Morgan fingerprint density at radius 3 is 2.31 bits per heavy atom. The summed E-state index contributed by atoms with van der Waals surface area (Å²) in [5, 5.41) is 0. The molecule has 0 aliphatic heterocycles. The smallest absolute Gasteiger partial charge is 0.339 e. The third-order valence-electron chi connectivity index (χ3n) is 0.941. The van der Waals surface area contributed by atoms with Gasteiger partial charge in [0.05, 0.1) is 6.08 Å². The van der Waals surface area contributed by atoms with E-state index in [1.165, 1.54) is 6.08 Å². The number of carbonyl (C=O) groups excluding carboxylic acids is 1. The van der Waals surface area contributed by atoms with E-state index in [2.05, 4.69) is 5.73 Å². The highest BCUT2D eigenvalue weighted by molar-refractivity contribution is 5.81. The van der Waals surface area contributed by atoms with Crippen LogP contribution in [0, 0.1) is 0 Å². The molecular formula is C10H17NO2. The summed E-state index contributed by atoms with van der Waals surface area (Å²) in [5.41, 5.74) is 2.27. The predicted molar refractivity (Wildman–Crippen MR) is 52.2 cm³/mol. The van der Waals surface area contributed by atoms with Crippen LogP contribution in [0.5, 0.6) is 0 Å². The van der Waals surface area contributed by atoms with Crippen molar-refractivity contribution in [1.82, 2.24) is 4.90 Å². The lowest BCUT2D eigenvalue weighted by molar-refractivity contribution is -0.148. The van der Waals surface area contributed by atoms with E-state index in [4.69, 9.17) is 4.74 Å². The summed E-state index contributed by atoms with van der Waals surface area (Å²) in [6, 6.07) is 0. The molecule has 0 amide bonds. The highest BCUT2D eigenvalue weighted by Crippen LogP contribution is 2.06. The van der Waals surface area contributed by atoms with Gasteiger partial charge in [-0.05, 0) is 20.8 Å². The molecule has 3 nitrogen and oxygen atoms in total. The van der Waals surface area contributed by atoms with Crippen molar-refractivity contribution in [3.8, 4) is 0 Å². The zero-order valence-electron chi connectivity index (χ0n) is 8.92. The van der Waals surface area contributed by atoms with Crippen LogP contribution in [-0.2, 0) is 9.53 Å². The van der Waals surface area contributed by atoms with Gasteiger partial charge in [0.1, 0.15) is 5.60 Å². The van der Waals surface area contributed by atoms with Crippen molar-refractivity contribution < 1.29 is 9.53 Å². The van der Waals surface area contributed by atoms with Gasteiger partial charge in [-0.25, -0.2) is 4.79 Å². The highest BCUT2D eigenvalue weighted by Gasteiger charge is 2.13. The first-order chi connectivity index (χ1) is 5.81. The fraction of sp³-hybridized carbons (Fsp3) is 0.600. The Labute approximate surface area is 79.7 Å². The number of hydrogen-bond acceptors (Lipinski definition) is 3. The van der Waals surface area contributed by atoms with Crippen molar-refractivity contribution >= 4 is 5.97 Å². The van der Waals surface area contributed by atoms with E-state index in [0.717, 1.165) is 0 Å². The molecule has 0 atom stereocenters. The summed E-state index contributed by atoms with van der Waals surface area (Å²) in [6.07, 6.45) is 2.94. The maximum absolute atomic E-state index is 11.1. The van der Waals surface area contributed by atoms with E-state index in [9.17, 15) is 4.79 Å². The fourth-order valence-corrected chi connectivity index (χ4v) is 0.586. The van der Waals surface area contributed by atoms with Crippen molar-refractivity contribution in [2.45, 2.75) is 26.4 Å². The van der Waals surface area contributed by atoms with E-state index in [0.29, 0.717) is 0 Å². The van der Waals surface area contributed by atoms with Gasteiger partial charge >= 0.3 is 5.97 Å². The molecule has 0 fully saturated rings. The Morgan fingerprint density at radius 2 is 1.92 bits per heavy atom. The van der Waals surface area contributed by atoms with Gasteiger partial charge in [-0.2, -0.15) is 0 Å². The van der Waals surface area contributed by atoms with Gasteiger partial charge in [-0.3, -0.25) is 0 Å². The minimum Gasteiger partial charge on any atom is -0.456 e. The molecule has 0 aromatic heterocycles. The molecule has 74 valence electrons.